The van der Waals surface area contributed by atoms with Crippen molar-refractivity contribution in [2.45, 2.75) is 32.1 Å². The molecule has 1 saturated carbocycles. The number of aliphatic carboxylic acids is 1. The highest BCUT2D eigenvalue weighted by molar-refractivity contribution is 7.17. The van der Waals surface area contributed by atoms with Crippen LogP contribution in [-0.2, 0) is 16.0 Å². The maximum absolute atomic E-state index is 12.2. The lowest BCUT2D eigenvalue weighted by atomic mass is 9.81. The summed E-state index contributed by atoms with van der Waals surface area (Å²) in [5.41, 5.74) is 1.28. The Morgan fingerprint density at radius 2 is 1.83 bits per heavy atom. The topological polar surface area (TPSA) is 66.4 Å². The van der Waals surface area contributed by atoms with Crippen molar-refractivity contribution >= 4 is 33.3 Å². The zero-order valence-electron chi connectivity index (χ0n) is 13.0. The first-order valence-corrected chi connectivity index (χ1v) is 8.98. The number of carbonyl (C=O) groups excluding carboxylic acids is 1. The second-order valence-corrected chi connectivity index (χ2v) is 7.10. The van der Waals surface area contributed by atoms with E-state index in [0.29, 0.717) is 32.2 Å². The number of benzene rings is 1. The van der Waals surface area contributed by atoms with E-state index in [-0.39, 0.29) is 17.7 Å². The Balaban J connectivity index is 1.47. The molecule has 1 amide bonds. The number of rotatable bonds is 5. The van der Waals surface area contributed by atoms with E-state index in [4.69, 9.17) is 5.11 Å². The van der Waals surface area contributed by atoms with Crippen LogP contribution >= 0.6 is 11.3 Å². The molecule has 4 nitrogen and oxygen atoms in total. The molecule has 1 heterocycles. The van der Waals surface area contributed by atoms with Gasteiger partial charge in [-0.1, -0.05) is 18.2 Å². The first-order valence-electron chi connectivity index (χ1n) is 8.11. The molecule has 23 heavy (non-hydrogen) atoms. The molecule has 5 heteroatoms. The molecule has 0 radical (unpaired) electrons. The molecule has 2 aromatic rings. The highest BCUT2D eigenvalue weighted by Gasteiger charge is 2.29. The Labute approximate surface area is 139 Å². The van der Waals surface area contributed by atoms with Crippen LogP contribution in [0.1, 0.15) is 31.2 Å². The van der Waals surface area contributed by atoms with Gasteiger partial charge in [0.15, 0.2) is 0 Å². The van der Waals surface area contributed by atoms with Crippen LogP contribution in [0.5, 0.6) is 0 Å². The third kappa shape index (κ3) is 3.72. The first kappa shape index (κ1) is 16.0. The highest BCUT2D eigenvalue weighted by Crippen LogP contribution is 2.29. The number of hydrogen-bond acceptors (Lipinski definition) is 3. The van der Waals surface area contributed by atoms with E-state index in [1.165, 1.54) is 15.6 Å². The molecule has 3 rings (SSSR count). The van der Waals surface area contributed by atoms with Crippen molar-refractivity contribution in [3.63, 3.8) is 0 Å². The van der Waals surface area contributed by atoms with Gasteiger partial charge in [0.25, 0.3) is 0 Å². The van der Waals surface area contributed by atoms with E-state index in [1.54, 1.807) is 11.3 Å². The van der Waals surface area contributed by atoms with Crippen molar-refractivity contribution in [2.75, 3.05) is 6.54 Å². The third-order valence-corrected chi connectivity index (χ3v) is 5.71. The van der Waals surface area contributed by atoms with Crippen molar-refractivity contribution in [1.82, 2.24) is 5.32 Å². The number of carboxylic acid groups (broad SMARTS) is 1. The summed E-state index contributed by atoms with van der Waals surface area (Å²) in [6, 6.07) is 8.31. The predicted octanol–water partition coefficient (Wildman–Crippen LogP) is 3.45. The van der Waals surface area contributed by atoms with Crippen LogP contribution in [-0.4, -0.2) is 23.5 Å². The van der Waals surface area contributed by atoms with Crippen LogP contribution in [0, 0.1) is 11.8 Å². The molecule has 0 atom stereocenters. The molecule has 0 aliphatic heterocycles. The van der Waals surface area contributed by atoms with Crippen LogP contribution in [0.3, 0.4) is 0 Å². The Morgan fingerprint density at radius 1 is 1.13 bits per heavy atom. The molecule has 1 aromatic heterocycles. The van der Waals surface area contributed by atoms with Gasteiger partial charge in [0.05, 0.1) is 5.92 Å². The quantitative estimate of drug-likeness (QED) is 0.882. The monoisotopic (exact) mass is 331 g/mol. The average molecular weight is 331 g/mol. The maximum atomic E-state index is 12.2. The smallest absolute Gasteiger partial charge is 0.306 e. The summed E-state index contributed by atoms with van der Waals surface area (Å²) in [4.78, 5) is 23.2. The predicted molar refractivity (Wildman–Crippen MR) is 91.6 cm³/mol. The first-order chi connectivity index (χ1) is 11.1. The molecule has 0 unspecified atom stereocenters. The van der Waals surface area contributed by atoms with Gasteiger partial charge < -0.3 is 10.4 Å². The Hall–Kier alpha value is -1.88. The Bertz CT molecular complexity index is 701. The average Bonchev–Trinajstić information content (AvgIpc) is 2.98. The highest BCUT2D eigenvalue weighted by atomic mass is 32.1. The normalized spacial score (nSPS) is 21.2. The van der Waals surface area contributed by atoms with Crippen molar-refractivity contribution in [2.24, 2.45) is 11.8 Å². The van der Waals surface area contributed by atoms with Gasteiger partial charge >= 0.3 is 5.97 Å². The molecular formula is C18H21NO3S. The standard InChI is InChI=1S/C18H21NO3S/c20-17(12-5-7-13(8-6-12)18(21)22)19-10-9-14-11-23-16-4-2-1-3-15(14)16/h1-4,11-13H,5-10H2,(H,19,20)(H,21,22). The van der Waals surface area contributed by atoms with Crippen molar-refractivity contribution < 1.29 is 14.7 Å². The molecule has 2 N–H and O–H groups in total. The number of fused-ring (bicyclic) bond motifs is 1. The summed E-state index contributed by atoms with van der Waals surface area (Å²) in [6.45, 7) is 0.637. The fourth-order valence-corrected chi connectivity index (χ4v) is 4.29. The lowest BCUT2D eigenvalue weighted by Gasteiger charge is -2.25. The van der Waals surface area contributed by atoms with Gasteiger partial charge in [-0.2, -0.15) is 0 Å². The maximum Gasteiger partial charge on any atom is 0.306 e. The molecule has 122 valence electrons. The zero-order valence-corrected chi connectivity index (χ0v) is 13.8. The lowest BCUT2D eigenvalue weighted by Crippen LogP contribution is -2.35. The van der Waals surface area contributed by atoms with Crippen LogP contribution in [0.2, 0.25) is 0 Å². The van der Waals surface area contributed by atoms with Crippen LogP contribution in [0.4, 0.5) is 0 Å². The van der Waals surface area contributed by atoms with Gasteiger partial charge in [-0.3, -0.25) is 9.59 Å². The summed E-state index contributed by atoms with van der Waals surface area (Å²) >= 11 is 1.74. The second-order valence-electron chi connectivity index (χ2n) is 6.18. The minimum Gasteiger partial charge on any atom is -0.481 e. The summed E-state index contributed by atoms with van der Waals surface area (Å²) in [5, 5.41) is 15.4. The van der Waals surface area contributed by atoms with Crippen LogP contribution in [0.25, 0.3) is 10.1 Å². The Morgan fingerprint density at radius 3 is 2.57 bits per heavy atom. The lowest BCUT2D eigenvalue weighted by molar-refractivity contribution is -0.144. The SMILES string of the molecule is O=C(O)C1CCC(C(=O)NCCc2csc3ccccc23)CC1. The minimum atomic E-state index is -0.729. The van der Waals surface area contributed by atoms with Gasteiger partial charge in [0, 0.05) is 17.2 Å². The van der Waals surface area contributed by atoms with Crippen LogP contribution in [0.15, 0.2) is 29.6 Å². The third-order valence-electron chi connectivity index (χ3n) is 4.70. The molecule has 1 aliphatic carbocycles. The van der Waals surface area contributed by atoms with Crippen molar-refractivity contribution in [3.8, 4) is 0 Å². The molecule has 0 bridgehead atoms. The number of carbonyl (C=O) groups is 2. The molecule has 1 fully saturated rings. The molecule has 1 aromatic carbocycles. The number of hydrogen-bond donors (Lipinski definition) is 2. The van der Waals surface area contributed by atoms with E-state index < -0.39 is 5.97 Å². The zero-order chi connectivity index (χ0) is 16.2. The minimum absolute atomic E-state index is 0.0233. The van der Waals surface area contributed by atoms with Gasteiger partial charge in [0.2, 0.25) is 5.91 Å². The van der Waals surface area contributed by atoms with Crippen LogP contribution < -0.4 is 5.32 Å². The van der Waals surface area contributed by atoms with Gasteiger partial charge in [0.1, 0.15) is 0 Å². The largest absolute Gasteiger partial charge is 0.481 e. The summed E-state index contributed by atoms with van der Waals surface area (Å²) < 4.78 is 1.28. The van der Waals surface area contributed by atoms with Crippen molar-refractivity contribution in [1.29, 1.82) is 0 Å². The molecule has 1 aliphatic rings. The summed E-state index contributed by atoms with van der Waals surface area (Å²) in [7, 11) is 0. The fourth-order valence-electron chi connectivity index (χ4n) is 3.29. The van der Waals surface area contributed by atoms with E-state index in [1.807, 2.05) is 12.1 Å². The van der Waals surface area contributed by atoms with Gasteiger partial charge in [-0.15, -0.1) is 11.3 Å². The fraction of sp³-hybridized carbons (Fsp3) is 0.444. The van der Waals surface area contributed by atoms with E-state index in [0.717, 1.165) is 6.42 Å². The summed E-state index contributed by atoms with van der Waals surface area (Å²) in [5.74, 6) is -0.942. The number of carboxylic acids is 1. The van der Waals surface area contributed by atoms with Gasteiger partial charge in [-0.25, -0.2) is 0 Å². The number of thiophene rings is 1. The second kappa shape index (κ2) is 7.13. The number of amides is 1. The number of nitrogens with one attached hydrogen (secondary N) is 1. The van der Waals surface area contributed by atoms with E-state index >= 15 is 0 Å². The van der Waals surface area contributed by atoms with Crippen molar-refractivity contribution in [3.05, 3.63) is 35.2 Å². The molecule has 0 saturated heterocycles. The molecular weight excluding hydrogens is 310 g/mol. The molecule has 0 spiro atoms. The summed E-state index contributed by atoms with van der Waals surface area (Å²) in [6.07, 6.45) is 3.43. The van der Waals surface area contributed by atoms with E-state index in [9.17, 15) is 9.59 Å². The van der Waals surface area contributed by atoms with E-state index in [2.05, 4.69) is 22.8 Å². The Kier molecular flexibility index (Phi) is 4.96. The van der Waals surface area contributed by atoms with Gasteiger partial charge in [-0.05, 0) is 54.5 Å².